The van der Waals surface area contributed by atoms with E-state index in [1.165, 1.54) is 4.70 Å². The molecule has 2 aromatic heterocycles. The third kappa shape index (κ3) is 4.98. The summed E-state index contributed by atoms with van der Waals surface area (Å²) < 4.78 is 12.7. The number of anilines is 1. The Bertz CT molecular complexity index is 1330. The fourth-order valence-corrected chi connectivity index (χ4v) is 5.36. The van der Waals surface area contributed by atoms with Crippen LogP contribution < -0.4 is 14.8 Å². The number of methoxy groups -OCH3 is 1. The molecule has 5 rings (SSSR count). The SMILES string of the molecule is COc1cc(CNc2ccc(-c3nc4ccccc4s3)cc2)cc(Cl)c1OCc1cccs1. The maximum Gasteiger partial charge on any atom is 0.180 e. The van der Waals surface area contributed by atoms with E-state index in [1.807, 2.05) is 47.8 Å². The van der Waals surface area contributed by atoms with Gasteiger partial charge in [0.2, 0.25) is 0 Å². The second kappa shape index (κ2) is 9.83. The molecule has 5 aromatic rings. The van der Waals surface area contributed by atoms with Crippen molar-refractivity contribution in [2.75, 3.05) is 12.4 Å². The fraction of sp³-hybridized carbons (Fsp3) is 0.115. The first kappa shape index (κ1) is 21.8. The molecule has 0 saturated carbocycles. The van der Waals surface area contributed by atoms with Crippen LogP contribution in [0.2, 0.25) is 5.02 Å². The number of aromatic nitrogens is 1. The fourth-order valence-electron chi connectivity index (χ4n) is 3.48. The van der Waals surface area contributed by atoms with Crippen LogP contribution in [0.1, 0.15) is 10.4 Å². The number of ether oxygens (including phenoxy) is 2. The van der Waals surface area contributed by atoms with Crippen molar-refractivity contribution in [3.05, 3.63) is 93.6 Å². The molecule has 4 nitrogen and oxygen atoms in total. The van der Waals surface area contributed by atoms with Gasteiger partial charge in [-0.3, -0.25) is 0 Å². The van der Waals surface area contributed by atoms with Gasteiger partial charge in [0, 0.05) is 22.7 Å². The topological polar surface area (TPSA) is 43.4 Å². The Morgan fingerprint density at radius 1 is 1.00 bits per heavy atom. The first-order chi connectivity index (χ1) is 16.2. The highest BCUT2D eigenvalue weighted by atomic mass is 35.5. The van der Waals surface area contributed by atoms with Crippen LogP contribution in [0.15, 0.2) is 78.2 Å². The van der Waals surface area contributed by atoms with Crippen molar-refractivity contribution < 1.29 is 9.47 Å². The Hall–Kier alpha value is -3.06. The maximum atomic E-state index is 6.52. The predicted octanol–water partition coefficient (Wildman–Crippen LogP) is 7.88. The lowest BCUT2D eigenvalue weighted by molar-refractivity contribution is 0.287. The molecule has 2 heterocycles. The van der Waals surface area contributed by atoms with Crippen LogP contribution in [0.3, 0.4) is 0 Å². The van der Waals surface area contributed by atoms with Gasteiger partial charge in [-0.25, -0.2) is 4.98 Å². The summed E-state index contributed by atoms with van der Waals surface area (Å²) in [6, 6.07) is 24.4. The van der Waals surface area contributed by atoms with E-state index in [0.29, 0.717) is 29.7 Å². The van der Waals surface area contributed by atoms with Gasteiger partial charge in [0.15, 0.2) is 11.5 Å². The Balaban J connectivity index is 1.26. The summed E-state index contributed by atoms with van der Waals surface area (Å²) >= 11 is 9.88. The predicted molar refractivity (Wildman–Crippen MR) is 139 cm³/mol. The minimum Gasteiger partial charge on any atom is -0.493 e. The molecule has 0 fully saturated rings. The average Bonchev–Trinajstić information content (AvgIpc) is 3.52. The number of hydrogen-bond donors (Lipinski definition) is 1. The van der Waals surface area contributed by atoms with Crippen LogP contribution in [-0.4, -0.2) is 12.1 Å². The van der Waals surface area contributed by atoms with E-state index >= 15 is 0 Å². The molecule has 0 aliphatic heterocycles. The Morgan fingerprint density at radius 3 is 2.61 bits per heavy atom. The molecule has 0 unspecified atom stereocenters. The van der Waals surface area contributed by atoms with E-state index in [2.05, 4.69) is 35.6 Å². The van der Waals surface area contributed by atoms with Gasteiger partial charge in [0.05, 0.1) is 22.3 Å². The number of fused-ring (bicyclic) bond motifs is 1. The van der Waals surface area contributed by atoms with Crippen LogP contribution in [-0.2, 0) is 13.2 Å². The molecule has 0 amide bonds. The van der Waals surface area contributed by atoms with Crippen molar-refractivity contribution >= 4 is 50.2 Å². The van der Waals surface area contributed by atoms with Gasteiger partial charge >= 0.3 is 0 Å². The lowest BCUT2D eigenvalue weighted by Gasteiger charge is -2.14. The average molecular weight is 493 g/mol. The standard InChI is InChI=1S/C26H21ClN2O2S2/c1-30-23-14-17(13-21(27)25(23)31-16-20-5-4-12-32-20)15-28-19-10-8-18(9-11-19)26-29-22-6-2-3-7-24(22)33-26/h2-14,28H,15-16H2,1H3. The van der Waals surface area contributed by atoms with Crippen LogP contribution in [0.5, 0.6) is 11.5 Å². The van der Waals surface area contributed by atoms with E-state index in [1.54, 1.807) is 29.8 Å². The van der Waals surface area contributed by atoms with Crippen molar-refractivity contribution in [1.82, 2.24) is 4.98 Å². The van der Waals surface area contributed by atoms with Crippen molar-refractivity contribution in [3.8, 4) is 22.1 Å². The molecule has 0 spiro atoms. The molecular weight excluding hydrogens is 472 g/mol. The zero-order valence-corrected chi connectivity index (χ0v) is 20.3. The molecule has 33 heavy (non-hydrogen) atoms. The molecular formula is C26H21ClN2O2S2. The van der Waals surface area contributed by atoms with E-state index in [-0.39, 0.29) is 0 Å². The van der Waals surface area contributed by atoms with Gasteiger partial charge in [0.25, 0.3) is 0 Å². The molecule has 0 aliphatic carbocycles. The van der Waals surface area contributed by atoms with E-state index < -0.39 is 0 Å². The maximum absolute atomic E-state index is 6.52. The van der Waals surface area contributed by atoms with Gasteiger partial charge in [0.1, 0.15) is 11.6 Å². The summed E-state index contributed by atoms with van der Waals surface area (Å²) in [7, 11) is 1.63. The molecule has 166 valence electrons. The summed E-state index contributed by atoms with van der Waals surface area (Å²) in [6.45, 7) is 1.08. The number of thiazole rings is 1. The number of rotatable bonds is 8. The number of benzene rings is 3. The van der Waals surface area contributed by atoms with Gasteiger partial charge in [-0.05, 0) is 65.5 Å². The second-order valence-electron chi connectivity index (χ2n) is 7.39. The van der Waals surface area contributed by atoms with Crippen LogP contribution >= 0.6 is 34.3 Å². The number of nitrogens with zero attached hydrogens (tertiary/aromatic N) is 1. The Morgan fingerprint density at radius 2 is 1.85 bits per heavy atom. The van der Waals surface area contributed by atoms with Crippen molar-refractivity contribution in [2.24, 2.45) is 0 Å². The van der Waals surface area contributed by atoms with Gasteiger partial charge in [-0.2, -0.15) is 0 Å². The monoisotopic (exact) mass is 492 g/mol. The van der Waals surface area contributed by atoms with E-state index in [4.69, 9.17) is 26.1 Å². The van der Waals surface area contributed by atoms with Crippen LogP contribution in [0.25, 0.3) is 20.8 Å². The molecule has 0 radical (unpaired) electrons. The summed E-state index contributed by atoms with van der Waals surface area (Å²) in [4.78, 5) is 5.87. The zero-order chi connectivity index (χ0) is 22.6. The lowest BCUT2D eigenvalue weighted by atomic mass is 10.1. The molecule has 3 aromatic carbocycles. The molecule has 0 aliphatic rings. The highest BCUT2D eigenvalue weighted by molar-refractivity contribution is 7.21. The number of hydrogen-bond acceptors (Lipinski definition) is 6. The minimum atomic E-state index is 0.465. The molecule has 0 saturated heterocycles. The molecule has 1 N–H and O–H groups in total. The third-order valence-electron chi connectivity index (χ3n) is 5.15. The summed E-state index contributed by atoms with van der Waals surface area (Å²) in [5.74, 6) is 1.19. The second-order valence-corrected chi connectivity index (χ2v) is 9.86. The normalized spacial score (nSPS) is 11.0. The first-order valence-corrected chi connectivity index (χ1v) is 12.5. The number of para-hydroxylation sites is 1. The number of nitrogens with one attached hydrogen (secondary N) is 1. The number of halogens is 1. The Labute approximate surface area is 205 Å². The van der Waals surface area contributed by atoms with Crippen molar-refractivity contribution in [3.63, 3.8) is 0 Å². The lowest BCUT2D eigenvalue weighted by Crippen LogP contribution is -2.02. The first-order valence-electron chi connectivity index (χ1n) is 10.4. The molecule has 0 bridgehead atoms. The van der Waals surface area contributed by atoms with Gasteiger partial charge in [-0.1, -0.05) is 29.8 Å². The van der Waals surface area contributed by atoms with Crippen molar-refractivity contribution in [1.29, 1.82) is 0 Å². The Kier molecular flexibility index (Phi) is 6.48. The quantitative estimate of drug-likeness (QED) is 0.239. The summed E-state index contributed by atoms with van der Waals surface area (Å²) in [6.07, 6.45) is 0. The summed E-state index contributed by atoms with van der Waals surface area (Å²) in [5.41, 5.74) is 4.18. The molecule has 0 atom stereocenters. The van der Waals surface area contributed by atoms with E-state index in [0.717, 1.165) is 32.2 Å². The zero-order valence-electron chi connectivity index (χ0n) is 17.9. The largest absolute Gasteiger partial charge is 0.493 e. The van der Waals surface area contributed by atoms with Gasteiger partial charge < -0.3 is 14.8 Å². The van der Waals surface area contributed by atoms with E-state index in [9.17, 15) is 0 Å². The van der Waals surface area contributed by atoms with Crippen LogP contribution in [0, 0.1) is 0 Å². The third-order valence-corrected chi connectivity index (χ3v) is 7.37. The minimum absolute atomic E-state index is 0.465. The molecule has 7 heteroatoms. The summed E-state index contributed by atoms with van der Waals surface area (Å²) in [5, 5.41) is 7.04. The van der Waals surface area contributed by atoms with Crippen LogP contribution in [0.4, 0.5) is 5.69 Å². The highest BCUT2D eigenvalue weighted by Gasteiger charge is 2.13. The van der Waals surface area contributed by atoms with Crippen molar-refractivity contribution in [2.45, 2.75) is 13.2 Å². The number of thiophene rings is 1. The van der Waals surface area contributed by atoms with Gasteiger partial charge in [-0.15, -0.1) is 22.7 Å². The smallest absolute Gasteiger partial charge is 0.180 e. The highest BCUT2D eigenvalue weighted by Crippen LogP contribution is 2.37.